The number of amides is 1. The number of ether oxygens (including phenoxy) is 3. The largest absolute Gasteiger partial charge is 0.493 e. The predicted octanol–water partition coefficient (Wildman–Crippen LogP) is 2.94. The first-order chi connectivity index (χ1) is 14.4. The summed E-state index contributed by atoms with van der Waals surface area (Å²) < 4.78 is 29.0. The van der Waals surface area contributed by atoms with Crippen LogP contribution in [0, 0.1) is 5.82 Å². The number of hydrogen-bond donors (Lipinski definition) is 1. The van der Waals surface area contributed by atoms with E-state index in [-0.39, 0.29) is 30.9 Å². The second-order valence-electron chi connectivity index (χ2n) is 6.98. The lowest BCUT2D eigenvalue weighted by atomic mass is 9.90. The van der Waals surface area contributed by atoms with E-state index in [1.807, 2.05) is 17.0 Å². The first-order valence-corrected chi connectivity index (χ1v) is 9.56. The second kappa shape index (κ2) is 9.58. The molecule has 0 radical (unpaired) electrons. The van der Waals surface area contributed by atoms with Crippen LogP contribution in [0.1, 0.15) is 23.6 Å². The number of halogens is 1. The Balaban J connectivity index is 1.85. The van der Waals surface area contributed by atoms with Crippen LogP contribution in [0.25, 0.3) is 0 Å². The molecule has 7 nitrogen and oxygen atoms in total. The third kappa shape index (κ3) is 4.88. The van der Waals surface area contributed by atoms with E-state index >= 15 is 0 Å². The van der Waals surface area contributed by atoms with Gasteiger partial charge >= 0.3 is 5.97 Å². The first kappa shape index (κ1) is 21.6. The SMILES string of the molecule is COC(=O)C[C@@H]1c2cc(OC)c(OC)cc2CCN1CC(=O)Nc1cccc(F)c1. The number of nitrogens with one attached hydrogen (secondary N) is 1. The van der Waals surface area contributed by atoms with Crippen molar-refractivity contribution in [3.05, 3.63) is 53.3 Å². The number of carbonyl (C=O) groups is 2. The van der Waals surface area contributed by atoms with Crippen LogP contribution in [0.4, 0.5) is 10.1 Å². The zero-order chi connectivity index (χ0) is 21.7. The molecule has 8 heteroatoms. The summed E-state index contributed by atoms with van der Waals surface area (Å²) in [6, 6.07) is 9.11. The van der Waals surface area contributed by atoms with Crippen LogP contribution in [-0.4, -0.2) is 51.2 Å². The Labute approximate surface area is 174 Å². The molecule has 3 rings (SSSR count). The summed E-state index contributed by atoms with van der Waals surface area (Å²) in [6.07, 6.45) is 0.771. The lowest BCUT2D eigenvalue weighted by Gasteiger charge is -2.36. The highest BCUT2D eigenvalue weighted by Gasteiger charge is 2.32. The van der Waals surface area contributed by atoms with Crippen molar-refractivity contribution in [3.8, 4) is 11.5 Å². The van der Waals surface area contributed by atoms with E-state index in [0.29, 0.717) is 30.2 Å². The molecule has 1 atom stereocenters. The molecule has 0 aliphatic carbocycles. The zero-order valence-corrected chi connectivity index (χ0v) is 17.2. The maximum absolute atomic E-state index is 13.4. The molecule has 1 aliphatic heterocycles. The number of carbonyl (C=O) groups excluding carboxylic acids is 2. The van der Waals surface area contributed by atoms with Gasteiger partial charge in [-0.15, -0.1) is 0 Å². The van der Waals surface area contributed by atoms with E-state index in [9.17, 15) is 14.0 Å². The van der Waals surface area contributed by atoms with Gasteiger partial charge in [0.25, 0.3) is 0 Å². The first-order valence-electron chi connectivity index (χ1n) is 9.56. The molecule has 160 valence electrons. The van der Waals surface area contributed by atoms with Gasteiger partial charge in [-0.2, -0.15) is 0 Å². The molecule has 1 heterocycles. The number of rotatable bonds is 7. The minimum Gasteiger partial charge on any atom is -0.493 e. The molecule has 0 aromatic heterocycles. The molecule has 1 aliphatic rings. The maximum Gasteiger partial charge on any atom is 0.307 e. The van der Waals surface area contributed by atoms with Gasteiger partial charge in [0.15, 0.2) is 11.5 Å². The average molecular weight is 416 g/mol. The lowest BCUT2D eigenvalue weighted by molar-refractivity contribution is -0.142. The summed E-state index contributed by atoms with van der Waals surface area (Å²) in [5, 5.41) is 2.70. The summed E-state index contributed by atoms with van der Waals surface area (Å²) >= 11 is 0. The van der Waals surface area contributed by atoms with Crippen molar-refractivity contribution in [2.24, 2.45) is 0 Å². The molecule has 0 saturated carbocycles. The van der Waals surface area contributed by atoms with Gasteiger partial charge in [-0.1, -0.05) is 6.07 Å². The molecule has 2 aromatic rings. The van der Waals surface area contributed by atoms with Crippen LogP contribution in [0.5, 0.6) is 11.5 Å². The van der Waals surface area contributed by atoms with Crippen LogP contribution in [0.2, 0.25) is 0 Å². The minimum absolute atomic E-state index is 0.0476. The summed E-state index contributed by atoms with van der Waals surface area (Å²) in [6.45, 7) is 0.618. The fourth-order valence-electron chi connectivity index (χ4n) is 3.70. The average Bonchev–Trinajstić information content (AvgIpc) is 2.74. The Morgan fingerprint density at radius 2 is 1.87 bits per heavy atom. The number of nitrogens with zero attached hydrogens (tertiary/aromatic N) is 1. The summed E-state index contributed by atoms with van der Waals surface area (Å²) in [5.74, 6) is 0.0735. The van der Waals surface area contributed by atoms with E-state index in [1.54, 1.807) is 20.3 Å². The molecule has 30 heavy (non-hydrogen) atoms. The maximum atomic E-state index is 13.4. The van der Waals surface area contributed by atoms with Crippen LogP contribution >= 0.6 is 0 Å². The number of hydrogen-bond acceptors (Lipinski definition) is 6. The topological polar surface area (TPSA) is 77.1 Å². The van der Waals surface area contributed by atoms with Crippen LogP contribution in [0.3, 0.4) is 0 Å². The number of fused-ring (bicyclic) bond motifs is 1. The van der Waals surface area contributed by atoms with Gasteiger partial charge in [-0.3, -0.25) is 14.5 Å². The van der Waals surface area contributed by atoms with Gasteiger partial charge in [0.2, 0.25) is 5.91 Å². The molecule has 0 saturated heterocycles. The minimum atomic E-state index is -0.427. The highest BCUT2D eigenvalue weighted by Crippen LogP contribution is 2.39. The molecule has 2 aromatic carbocycles. The quantitative estimate of drug-likeness (QED) is 0.700. The molecular weight excluding hydrogens is 391 g/mol. The van der Waals surface area contributed by atoms with E-state index in [4.69, 9.17) is 14.2 Å². The van der Waals surface area contributed by atoms with Crippen LogP contribution in [0.15, 0.2) is 36.4 Å². The lowest BCUT2D eigenvalue weighted by Crippen LogP contribution is -2.41. The molecular formula is C22H25FN2O5. The smallest absolute Gasteiger partial charge is 0.307 e. The molecule has 0 spiro atoms. The monoisotopic (exact) mass is 416 g/mol. The van der Waals surface area contributed by atoms with Gasteiger partial charge in [-0.05, 0) is 47.9 Å². The van der Waals surface area contributed by atoms with Crippen LogP contribution in [-0.2, 0) is 20.7 Å². The van der Waals surface area contributed by atoms with Crippen molar-refractivity contribution in [1.82, 2.24) is 4.90 Å². The fourth-order valence-corrected chi connectivity index (χ4v) is 3.70. The highest BCUT2D eigenvalue weighted by molar-refractivity contribution is 5.92. The highest BCUT2D eigenvalue weighted by atomic mass is 19.1. The number of benzene rings is 2. The standard InChI is InChI=1S/C22H25FN2O5/c1-28-19-9-14-7-8-25(13-21(26)24-16-6-4-5-15(23)10-16)18(12-22(27)30-3)17(14)11-20(19)29-2/h4-6,9-11,18H,7-8,12-13H2,1-3H3,(H,24,26)/t18-/m1/s1. The summed E-state index contributed by atoms with van der Waals surface area (Å²) in [5.41, 5.74) is 2.31. The Hall–Kier alpha value is -3.13. The third-order valence-electron chi connectivity index (χ3n) is 5.16. The predicted molar refractivity (Wildman–Crippen MR) is 109 cm³/mol. The normalized spacial score (nSPS) is 15.8. The van der Waals surface area contributed by atoms with Gasteiger partial charge in [-0.25, -0.2) is 4.39 Å². The second-order valence-corrected chi connectivity index (χ2v) is 6.98. The Kier molecular flexibility index (Phi) is 6.89. The molecule has 1 N–H and O–H groups in total. The van der Waals surface area contributed by atoms with Crippen molar-refractivity contribution < 1.29 is 28.2 Å². The Morgan fingerprint density at radius 3 is 2.53 bits per heavy atom. The number of anilines is 1. The Morgan fingerprint density at radius 1 is 1.13 bits per heavy atom. The van der Waals surface area contributed by atoms with E-state index in [0.717, 1.165) is 11.1 Å². The molecule has 0 fully saturated rings. The Bertz CT molecular complexity index is 934. The summed E-state index contributed by atoms with van der Waals surface area (Å²) in [7, 11) is 4.45. The summed E-state index contributed by atoms with van der Waals surface area (Å²) in [4.78, 5) is 26.6. The van der Waals surface area contributed by atoms with Gasteiger partial charge in [0.1, 0.15) is 5.82 Å². The van der Waals surface area contributed by atoms with Crippen molar-refractivity contribution in [3.63, 3.8) is 0 Å². The van der Waals surface area contributed by atoms with E-state index in [2.05, 4.69) is 5.32 Å². The van der Waals surface area contributed by atoms with Gasteiger partial charge in [0, 0.05) is 18.3 Å². The van der Waals surface area contributed by atoms with Crippen molar-refractivity contribution >= 4 is 17.6 Å². The molecule has 0 unspecified atom stereocenters. The third-order valence-corrected chi connectivity index (χ3v) is 5.16. The fraction of sp³-hybridized carbons (Fsp3) is 0.364. The van der Waals surface area contributed by atoms with Gasteiger partial charge < -0.3 is 19.5 Å². The van der Waals surface area contributed by atoms with Crippen LogP contribution < -0.4 is 14.8 Å². The van der Waals surface area contributed by atoms with Crippen molar-refractivity contribution in [1.29, 1.82) is 0 Å². The van der Waals surface area contributed by atoms with Gasteiger partial charge in [0.05, 0.1) is 34.3 Å². The number of esters is 1. The van der Waals surface area contributed by atoms with Crippen molar-refractivity contribution in [2.45, 2.75) is 18.9 Å². The van der Waals surface area contributed by atoms with E-state index < -0.39 is 5.82 Å². The van der Waals surface area contributed by atoms with E-state index in [1.165, 1.54) is 25.3 Å². The zero-order valence-electron chi connectivity index (χ0n) is 17.2. The molecule has 0 bridgehead atoms. The number of methoxy groups -OCH3 is 3. The van der Waals surface area contributed by atoms with Crippen molar-refractivity contribution in [2.75, 3.05) is 39.7 Å². The molecule has 1 amide bonds.